The molecule has 1 aromatic rings. The molecule has 0 aliphatic carbocycles. The quantitative estimate of drug-likeness (QED) is 0.844. The predicted molar refractivity (Wildman–Crippen MR) is 59.6 cm³/mol. The maximum absolute atomic E-state index is 10.4. The van der Waals surface area contributed by atoms with Crippen LogP contribution >= 0.6 is 15.9 Å². The number of hydrogen-bond donors (Lipinski definition) is 1. The minimum absolute atomic E-state index is 0.0433. The topological polar surface area (TPSA) is 37.3 Å². The van der Waals surface area contributed by atoms with Gasteiger partial charge in [0.05, 0.1) is 0 Å². The van der Waals surface area contributed by atoms with E-state index in [0.29, 0.717) is 6.42 Å². The molecule has 0 fully saturated rings. The summed E-state index contributed by atoms with van der Waals surface area (Å²) in [6.07, 6.45) is 1.30. The molecule has 0 heterocycles. The lowest BCUT2D eigenvalue weighted by molar-refractivity contribution is -0.108. The predicted octanol–water partition coefficient (Wildman–Crippen LogP) is 3.16. The van der Waals surface area contributed by atoms with Crippen molar-refractivity contribution in [3.05, 3.63) is 27.7 Å². The third-order valence-corrected chi connectivity index (χ3v) is 3.00. The lowest BCUT2D eigenvalue weighted by atomic mass is 9.96. The van der Waals surface area contributed by atoms with Crippen LogP contribution in [0.4, 0.5) is 0 Å². The molecule has 0 aliphatic heterocycles. The van der Waals surface area contributed by atoms with E-state index < -0.39 is 0 Å². The lowest BCUT2D eigenvalue weighted by Crippen LogP contribution is -1.97. The van der Waals surface area contributed by atoms with Gasteiger partial charge < -0.3 is 9.90 Å². The van der Waals surface area contributed by atoms with Crippen molar-refractivity contribution in [2.75, 3.05) is 0 Å². The summed E-state index contributed by atoms with van der Waals surface area (Å²) in [5.41, 5.74) is 1.65. The summed E-state index contributed by atoms with van der Waals surface area (Å²) in [7, 11) is 0. The van der Waals surface area contributed by atoms with Crippen molar-refractivity contribution < 1.29 is 9.90 Å². The first-order valence-corrected chi connectivity index (χ1v) is 5.28. The second-order valence-electron chi connectivity index (χ2n) is 3.43. The van der Waals surface area contributed by atoms with Gasteiger partial charge in [0.15, 0.2) is 0 Å². The second kappa shape index (κ2) is 4.60. The summed E-state index contributed by atoms with van der Waals surface area (Å²) in [4.78, 5) is 10.4. The number of benzene rings is 1. The van der Waals surface area contributed by atoms with Crippen LogP contribution in [0.5, 0.6) is 5.75 Å². The number of hydrogen-bond acceptors (Lipinski definition) is 2. The molecule has 2 nitrogen and oxygen atoms in total. The van der Waals surface area contributed by atoms with Gasteiger partial charge in [-0.1, -0.05) is 28.9 Å². The van der Waals surface area contributed by atoms with E-state index in [0.717, 1.165) is 21.9 Å². The minimum Gasteiger partial charge on any atom is -0.507 e. The zero-order valence-electron chi connectivity index (χ0n) is 8.25. The Bertz CT molecular complexity index is 347. The first-order valence-electron chi connectivity index (χ1n) is 4.49. The normalized spacial score (nSPS) is 12.5. The number of aldehydes is 1. The summed E-state index contributed by atoms with van der Waals surface area (Å²) in [5.74, 6) is 0.329. The van der Waals surface area contributed by atoms with Crippen molar-refractivity contribution in [1.29, 1.82) is 0 Å². The number of phenolic OH excluding ortho intramolecular Hbond substituents is 1. The van der Waals surface area contributed by atoms with Crippen LogP contribution in [0.15, 0.2) is 16.6 Å². The van der Waals surface area contributed by atoms with E-state index in [2.05, 4.69) is 15.9 Å². The molecule has 1 rings (SSSR count). The molecule has 0 radical (unpaired) electrons. The van der Waals surface area contributed by atoms with Crippen LogP contribution in [0.25, 0.3) is 0 Å². The van der Waals surface area contributed by atoms with Crippen LogP contribution < -0.4 is 0 Å². The number of carbonyl (C=O) groups excluding carboxylic acids is 1. The maximum Gasteiger partial charge on any atom is 0.123 e. The molecular weight excluding hydrogens is 244 g/mol. The van der Waals surface area contributed by atoms with E-state index in [4.69, 9.17) is 0 Å². The third-order valence-electron chi connectivity index (χ3n) is 2.31. The van der Waals surface area contributed by atoms with Crippen molar-refractivity contribution in [2.45, 2.75) is 26.2 Å². The summed E-state index contributed by atoms with van der Waals surface area (Å²) < 4.78 is 0.856. The van der Waals surface area contributed by atoms with E-state index in [-0.39, 0.29) is 11.7 Å². The largest absolute Gasteiger partial charge is 0.507 e. The molecule has 0 amide bonds. The van der Waals surface area contributed by atoms with E-state index in [1.807, 2.05) is 26.0 Å². The Kier molecular flexibility index (Phi) is 3.69. The molecule has 3 heteroatoms. The van der Waals surface area contributed by atoms with E-state index in [1.54, 1.807) is 0 Å². The molecule has 0 bridgehead atoms. The van der Waals surface area contributed by atoms with E-state index in [9.17, 15) is 9.90 Å². The van der Waals surface area contributed by atoms with Gasteiger partial charge in [0, 0.05) is 16.5 Å². The highest BCUT2D eigenvalue weighted by molar-refractivity contribution is 9.10. The Morgan fingerprint density at radius 1 is 1.57 bits per heavy atom. The second-order valence-corrected chi connectivity index (χ2v) is 4.28. The maximum atomic E-state index is 10.4. The summed E-state index contributed by atoms with van der Waals surface area (Å²) in [5, 5.41) is 9.83. The van der Waals surface area contributed by atoms with Crippen LogP contribution in [-0.4, -0.2) is 11.4 Å². The van der Waals surface area contributed by atoms with Crippen LogP contribution in [0.2, 0.25) is 0 Å². The van der Waals surface area contributed by atoms with Gasteiger partial charge in [-0.2, -0.15) is 0 Å². The molecule has 1 atom stereocenters. The lowest BCUT2D eigenvalue weighted by Gasteiger charge is -2.14. The number of phenols is 1. The van der Waals surface area contributed by atoms with Crippen molar-refractivity contribution in [3.63, 3.8) is 0 Å². The summed E-state index contributed by atoms with van der Waals surface area (Å²) >= 11 is 3.38. The van der Waals surface area contributed by atoms with Gasteiger partial charge in [0.25, 0.3) is 0 Å². The minimum atomic E-state index is 0.0433. The van der Waals surface area contributed by atoms with Gasteiger partial charge in [0.1, 0.15) is 12.0 Å². The van der Waals surface area contributed by atoms with Crippen molar-refractivity contribution in [1.82, 2.24) is 0 Å². The summed E-state index contributed by atoms with van der Waals surface area (Å²) in [6.45, 7) is 3.77. The van der Waals surface area contributed by atoms with Gasteiger partial charge in [-0.05, 0) is 24.5 Å². The molecule has 1 aromatic carbocycles. The van der Waals surface area contributed by atoms with Gasteiger partial charge in [-0.15, -0.1) is 0 Å². The SMILES string of the molecule is Cc1ccc(Br)c(C(C)CC=O)c1O. The molecule has 0 saturated carbocycles. The molecule has 76 valence electrons. The van der Waals surface area contributed by atoms with Gasteiger partial charge in [-0.3, -0.25) is 0 Å². The Labute approximate surface area is 92.1 Å². The zero-order valence-corrected chi connectivity index (χ0v) is 9.84. The highest BCUT2D eigenvalue weighted by atomic mass is 79.9. The number of aromatic hydroxyl groups is 1. The zero-order chi connectivity index (χ0) is 10.7. The Morgan fingerprint density at radius 2 is 2.21 bits per heavy atom. The van der Waals surface area contributed by atoms with Gasteiger partial charge >= 0.3 is 0 Å². The Morgan fingerprint density at radius 3 is 2.79 bits per heavy atom. The molecule has 0 aliphatic rings. The summed E-state index contributed by atoms with van der Waals surface area (Å²) in [6, 6.07) is 3.74. The smallest absolute Gasteiger partial charge is 0.123 e. The fraction of sp³-hybridized carbons (Fsp3) is 0.364. The number of rotatable bonds is 3. The Hall–Kier alpha value is -0.830. The number of carbonyl (C=O) groups is 1. The highest BCUT2D eigenvalue weighted by Crippen LogP contribution is 2.36. The van der Waals surface area contributed by atoms with E-state index in [1.165, 1.54) is 0 Å². The molecule has 0 saturated heterocycles. The average molecular weight is 257 g/mol. The Balaban J connectivity index is 3.17. The van der Waals surface area contributed by atoms with Gasteiger partial charge in [-0.25, -0.2) is 0 Å². The highest BCUT2D eigenvalue weighted by Gasteiger charge is 2.15. The molecular formula is C11H13BrO2. The van der Waals surface area contributed by atoms with Crippen molar-refractivity contribution in [3.8, 4) is 5.75 Å². The number of halogens is 1. The first kappa shape index (κ1) is 11.2. The fourth-order valence-corrected chi connectivity index (χ4v) is 2.13. The number of aryl methyl sites for hydroxylation is 1. The molecule has 0 spiro atoms. The average Bonchev–Trinajstić information content (AvgIpc) is 2.13. The first-order chi connectivity index (χ1) is 6.57. The van der Waals surface area contributed by atoms with Gasteiger partial charge in [0.2, 0.25) is 0 Å². The molecule has 1 N–H and O–H groups in total. The van der Waals surface area contributed by atoms with Crippen LogP contribution in [0, 0.1) is 6.92 Å². The molecule has 14 heavy (non-hydrogen) atoms. The van der Waals surface area contributed by atoms with E-state index >= 15 is 0 Å². The van der Waals surface area contributed by atoms with Crippen molar-refractivity contribution in [2.24, 2.45) is 0 Å². The molecule has 0 aromatic heterocycles. The monoisotopic (exact) mass is 256 g/mol. The van der Waals surface area contributed by atoms with Crippen LogP contribution in [-0.2, 0) is 4.79 Å². The van der Waals surface area contributed by atoms with Crippen LogP contribution in [0.1, 0.15) is 30.4 Å². The standard InChI is InChI=1S/C11H13BrO2/c1-7(5-6-13)10-9(12)4-3-8(2)11(10)14/h3-4,6-7,14H,5H2,1-2H3. The molecule has 1 unspecified atom stereocenters. The third kappa shape index (κ3) is 2.15. The van der Waals surface area contributed by atoms with Crippen molar-refractivity contribution >= 4 is 22.2 Å². The van der Waals surface area contributed by atoms with Crippen LogP contribution in [0.3, 0.4) is 0 Å². The fourth-order valence-electron chi connectivity index (χ4n) is 1.42.